The molecule has 2 atom stereocenters. The van der Waals surface area contributed by atoms with E-state index >= 15 is 0 Å². The van der Waals surface area contributed by atoms with Gasteiger partial charge in [0.25, 0.3) is 0 Å². The number of hydrogen-bond donors (Lipinski definition) is 1. The van der Waals surface area contributed by atoms with E-state index in [9.17, 15) is 9.90 Å². The number of aliphatic imine (C=N–C) groups is 1. The average Bonchev–Trinajstić information content (AvgIpc) is 2.54. The predicted molar refractivity (Wildman–Crippen MR) is 95.3 cm³/mol. The molecule has 0 saturated heterocycles. The highest BCUT2D eigenvalue weighted by Crippen LogP contribution is 2.37. The molecule has 0 bridgehead atoms. The van der Waals surface area contributed by atoms with E-state index in [1.54, 1.807) is 18.9 Å². The van der Waals surface area contributed by atoms with Gasteiger partial charge < -0.3 is 9.84 Å². The van der Waals surface area contributed by atoms with Crippen LogP contribution in [0.15, 0.2) is 29.3 Å². The Balaban J connectivity index is 2.17. The van der Waals surface area contributed by atoms with Crippen molar-refractivity contribution in [1.29, 1.82) is 0 Å². The highest BCUT2D eigenvalue weighted by atomic mass is 32.2. The van der Waals surface area contributed by atoms with Crippen molar-refractivity contribution in [2.45, 2.75) is 45.3 Å². The van der Waals surface area contributed by atoms with E-state index in [0.29, 0.717) is 0 Å². The second-order valence-corrected chi connectivity index (χ2v) is 7.61. The Morgan fingerprint density at radius 3 is 2.61 bits per heavy atom. The number of aliphatic hydroxyl groups is 1. The first-order valence-corrected chi connectivity index (χ1v) is 8.91. The third-order valence-corrected chi connectivity index (χ3v) is 5.20. The Bertz CT molecular complexity index is 582. The number of thioether (sulfide) groups is 1. The molecule has 4 nitrogen and oxygen atoms in total. The molecule has 1 unspecified atom stereocenters. The van der Waals surface area contributed by atoms with Crippen LogP contribution in [-0.2, 0) is 10.3 Å². The van der Waals surface area contributed by atoms with Gasteiger partial charge in [0.15, 0.2) is 5.78 Å². The summed E-state index contributed by atoms with van der Waals surface area (Å²) in [6, 6.07) is 7.93. The van der Waals surface area contributed by atoms with Crippen molar-refractivity contribution in [3.63, 3.8) is 0 Å². The highest BCUT2D eigenvalue weighted by Gasteiger charge is 2.31. The van der Waals surface area contributed by atoms with Crippen LogP contribution >= 0.6 is 11.8 Å². The molecule has 0 radical (unpaired) electrons. The van der Waals surface area contributed by atoms with Crippen molar-refractivity contribution in [2.24, 2.45) is 10.9 Å². The molecule has 1 aliphatic rings. The zero-order valence-electron chi connectivity index (χ0n) is 14.2. The van der Waals surface area contributed by atoms with E-state index in [4.69, 9.17) is 9.73 Å². The van der Waals surface area contributed by atoms with Crippen molar-refractivity contribution >= 4 is 22.6 Å². The number of rotatable bonds is 6. The molecule has 0 fully saturated rings. The Morgan fingerprint density at radius 2 is 2.04 bits per heavy atom. The van der Waals surface area contributed by atoms with Crippen LogP contribution in [-0.4, -0.2) is 34.9 Å². The van der Waals surface area contributed by atoms with Gasteiger partial charge >= 0.3 is 0 Å². The average molecular weight is 335 g/mol. The van der Waals surface area contributed by atoms with E-state index in [2.05, 4.69) is 6.92 Å². The quantitative estimate of drug-likeness (QED) is 0.865. The predicted octanol–water partition coefficient (Wildman–Crippen LogP) is 3.42. The van der Waals surface area contributed by atoms with Gasteiger partial charge in [-0.25, -0.2) is 0 Å². The maximum Gasteiger partial charge on any atom is 0.167 e. The second kappa shape index (κ2) is 7.49. The lowest BCUT2D eigenvalue weighted by molar-refractivity contribution is -0.127. The SMILES string of the molecule is COc1ccc(C2(C)CCSC(CC(=O)[C@@H](O)C(C)C)=N2)cc1. The maximum atomic E-state index is 12.1. The first-order valence-electron chi connectivity index (χ1n) is 7.92. The van der Waals surface area contributed by atoms with Crippen molar-refractivity contribution in [3.05, 3.63) is 29.8 Å². The van der Waals surface area contributed by atoms with Gasteiger partial charge in [0.2, 0.25) is 0 Å². The summed E-state index contributed by atoms with van der Waals surface area (Å²) in [5.41, 5.74) is 0.795. The van der Waals surface area contributed by atoms with Crippen LogP contribution in [0.5, 0.6) is 5.75 Å². The Morgan fingerprint density at radius 1 is 1.39 bits per heavy atom. The number of carbonyl (C=O) groups excluding carboxylic acids is 1. The van der Waals surface area contributed by atoms with Crippen LogP contribution < -0.4 is 4.74 Å². The molecule has 5 heteroatoms. The van der Waals surface area contributed by atoms with E-state index in [0.717, 1.165) is 28.5 Å². The summed E-state index contributed by atoms with van der Waals surface area (Å²) in [4.78, 5) is 17.0. The van der Waals surface area contributed by atoms with Crippen LogP contribution in [0, 0.1) is 5.92 Å². The number of methoxy groups -OCH3 is 1. The first kappa shape index (κ1) is 18.0. The van der Waals surface area contributed by atoms with E-state index < -0.39 is 6.10 Å². The zero-order valence-corrected chi connectivity index (χ0v) is 15.0. The molecule has 1 aromatic carbocycles. The molecule has 0 spiro atoms. The van der Waals surface area contributed by atoms with Crippen molar-refractivity contribution in [3.8, 4) is 5.75 Å². The van der Waals surface area contributed by atoms with Crippen molar-refractivity contribution < 1.29 is 14.6 Å². The summed E-state index contributed by atoms with van der Waals surface area (Å²) in [5, 5.41) is 10.7. The van der Waals surface area contributed by atoms with Gasteiger partial charge in [-0.05, 0) is 37.0 Å². The van der Waals surface area contributed by atoms with Crippen LogP contribution in [0.25, 0.3) is 0 Å². The Labute approximate surface area is 142 Å². The number of aliphatic hydroxyl groups excluding tert-OH is 1. The van der Waals surface area contributed by atoms with E-state index in [1.807, 2.05) is 38.1 Å². The first-order chi connectivity index (χ1) is 10.9. The van der Waals surface area contributed by atoms with Gasteiger partial charge in [-0.1, -0.05) is 26.0 Å². The number of hydrogen-bond acceptors (Lipinski definition) is 5. The number of nitrogens with zero attached hydrogens (tertiary/aromatic N) is 1. The highest BCUT2D eigenvalue weighted by molar-refractivity contribution is 8.14. The monoisotopic (exact) mass is 335 g/mol. The summed E-state index contributed by atoms with van der Waals surface area (Å²) in [5.74, 6) is 1.53. The number of ether oxygens (including phenoxy) is 1. The molecule has 2 rings (SSSR count). The molecular weight excluding hydrogens is 310 g/mol. The fraction of sp³-hybridized carbons (Fsp3) is 0.556. The van der Waals surface area contributed by atoms with Gasteiger partial charge in [0.1, 0.15) is 11.9 Å². The minimum Gasteiger partial charge on any atom is -0.497 e. The van der Waals surface area contributed by atoms with Gasteiger partial charge in [0.05, 0.1) is 24.1 Å². The third-order valence-electron chi connectivity index (χ3n) is 4.23. The Kier molecular flexibility index (Phi) is 5.87. The molecule has 0 amide bonds. The number of carbonyl (C=O) groups is 1. The second-order valence-electron chi connectivity index (χ2n) is 6.44. The summed E-state index contributed by atoms with van der Waals surface area (Å²) >= 11 is 1.62. The molecular formula is C18H25NO3S. The fourth-order valence-electron chi connectivity index (χ4n) is 2.61. The standard InChI is InChI=1S/C18H25NO3S/c1-12(2)17(21)15(20)11-16-19-18(3,9-10-23-16)13-5-7-14(22-4)8-6-13/h5-8,12,17,21H,9-11H2,1-4H3/t17-,18?/m0/s1. The molecule has 23 heavy (non-hydrogen) atoms. The van der Waals surface area contributed by atoms with Crippen molar-refractivity contribution in [1.82, 2.24) is 0 Å². The molecule has 0 saturated carbocycles. The Hall–Kier alpha value is -1.33. The van der Waals surface area contributed by atoms with Crippen LogP contribution in [0.4, 0.5) is 0 Å². The van der Waals surface area contributed by atoms with Crippen LogP contribution in [0.1, 0.15) is 39.2 Å². The molecule has 1 N–H and O–H groups in total. The normalized spacial score (nSPS) is 22.6. The molecule has 1 aromatic rings. The molecule has 0 aromatic heterocycles. The lowest BCUT2D eigenvalue weighted by Crippen LogP contribution is -2.30. The van der Waals surface area contributed by atoms with E-state index in [-0.39, 0.29) is 23.7 Å². The topological polar surface area (TPSA) is 58.9 Å². The maximum absolute atomic E-state index is 12.1. The van der Waals surface area contributed by atoms with Gasteiger partial charge in [-0.3, -0.25) is 9.79 Å². The third kappa shape index (κ3) is 4.36. The summed E-state index contributed by atoms with van der Waals surface area (Å²) in [6.07, 6.45) is 0.233. The summed E-state index contributed by atoms with van der Waals surface area (Å²) in [6.45, 7) is 5.79. The largest absolute Gasteiger partial charge is 0.497 e. The minimum atomic E-state index is -0.910. The minimum absolute atomic E-state index is 0.0651. The lowest BCUT2D eigenvalue weighted by Gasteiger charge is -2.31. The molecule has 1 heterocycles. The molecule has 0 aliphatic carbocycles. The van der Waals surface area contributed by atoms with Crippen LogP contribution in [0.2, 0.25) is 0 Å². The zero-order chi connectivity index (χ0) is 17.0. The molecule has 1 aliphatic heterocycles. The fourth-order valence-corrected chi connectivity index (χ4v) is 3.85. The lowest BCUT2D eigenvalue weighted by atomic mass is 9.89. The summed E-state index contributed by atoms with van der Waals surface area (Å²) in [7, 11) is 1.65. The van der Waals surface area contributed by atoms with Gasteiger partial charge in [-0.15, -0.1) is 11.8 Å². The smallest absolute Gasteiger partial charge is 0.167 e. The number of ketones is 1. The number of benzene rings is 1. The van der Waals surface area contributed by atoms with Gasteiger partial charge in [0, 0.05) is 5.75 Å². The van der Waals surface area contributed by atoms with Crippen molar-refractivity contribution in [2.75, 3.05) is 12.9 Å². The van der Waals surface area contributed by atoms with Gasteiger partial charge in [-0.2, -0.15) is 0 Å². The van der Waals surface area contributed by atoms with Crippen LogP contribution in [0.3, 0.4) is 0 Å². The number of Topliss-reactive ketones (excluding diaryl/α,β-unsaturated/α-hetero) is 1. The molecule has 126 valence electrons. The van der Waals surface area contributed by atoms with E-state index in [1.165, 1.54) is 0 Å². The summed E-state index contributed by atoms with van der Waals surface area (Å²) < 4.78 is 5.20.